The van der Waals surface area contributed by atoms with E-state index in [4.69, 9.17) is 10.5 Å². The maximum Gasteiger partial charge on any atom is 0.410 e. The van der Waals surface area contributed by atoms with Crippen LogP contribution < -0.4 is 5.73 Å². The van der Waals surface area contributed by atoms with E-state index in [1.807, 2.05) is 20.8 Å². The minimum absolute atomic E-state index is 0.294. The zero-order valence-electron chi connectivity index (χ0n) is 13.4. The normalized spacial score (nSPS) is 18.1. The quantitative estimate of drug-likeness (QED) is 0.912. The molecule has 0 saturated carbocycles. The van der Waals surface area contributed by atoms with E-state index in [0.717, 1.165) is 5.56 Å². The third-order valence-corrected chi connectivity index (χ3v) is 3.68. The van der Waals surface area contributed by atoms with Gasteiger partial charge >= 0.3 is 6.09 Å². The number of nitrogen functional groups attached to an aromatic ring is 1. The monoisotopic (exact) mass is 309 g/mol. The van der Waals surface area contributed by atoms with Gasteiger partial charge in [-0.3, -0.25) is 0 Å². The van der Waals surface area contributed by atoms with Crippen molar-refractivity contribution in [3.63, 3.8) is 0 Å². The molecule has 1 fully saturated rings. The molecule has 1 amide bonds. The number of alkyl halides is 1. The number of piperidine rings is 1. The highest BCUT2D eigenvalue weighted by atomic mass is 19.1. The molecule has 0 bridgehead atoms. The molecule has 1 aromatic rings. The number of nitrogens with two attached hydrogens (primary N) is 1. The molecule has 0 spiro atoms. The fourth-order valence-electron chi connectivity index (χ4n) is 2.50. The number of ether oxygens (including phenoxy) is 1. The summed E-state index contributed by atoms with van der Waals surface area (Å²) in [5.41, 5.74) is 4.51. The van der Waals surface area contributed by atoms with Crippen LogP contribution in [0.2, 0.25) is 0 Å². The molecule has 1 aliphatic heterocycles. The van der Waals surface area contributed by atoms with E-state index in [1.54, 1.807) is 23.2 Å². The molecule has 1 aliphatic rings. The molecular formula is C16H24FN3O2. The number of nitrogens with zero attached hydrogens (tertiary/aromatic N) is 2. The molecule has 5 nitrogen and oxygen atoms in total. The van der Waals surface area contributed by atoms with E-state index in [-0.39, 0.29) is 6.09 Å². The fraction of sp³-hybridized carbons (Fsp3) is 0.625. The number of anilines is 1. The van der Waals surface area contributed by atoms with Crippen LogP contribution in [0.25, 0.3) is 0 Å². The minimum atomic E-state index is -1.31. The smallest absolute Gasteiger partial charge is 0.410 e. The lowest BCUT2D eigenvalue weighted by molar-refractivity contribution is 0.00338. The number of aromatic nitrogens is 1. The highest BCUT2D eigenvalue weighted by Gasteiger charge is 2.37. The van der Waals surface area contributed by atoms with Crippen LogP contribution in [-0.4, -0.2) is 40.3 Å². The van der Waals surface area contributed by atoms with Crippen LogP contribution in [0.5, 0.6) is 0 Å². The molecule has 0 radical (unpaired) electrons. The molecule has 0 atom stereocenters. The van der Waals surface area contributed by atoms with Gasteiger partial charge in [0.2, 0.25) is 0 Å². The number of carbonyl (C=O) groups is 1. The van der Waals surface area contributed by atoms with Crippen molar-refractivity contribution < 1.29 is 13.9 Å². The summed E-state index contributed by atoms with van der Waals surface area (Å²) in [4.78, 5) is 17.5. The number of halogens is 1. The van der Waals surface area contributed by atoms with Gasteiger partial charge in [0.15, 0.2) is 0 Å². The summed E-state index contributed by atoms with van der Waals surface area (Å²) in [6.45, 7) is 6.20. The van der Waals surface area contributed by atoms with E-state index >= 15 is 0 Å². The summed E-state index contributed by atoms with van der Waals surface area (Å²) < 4.78 is 20.2. The van der Waals surface area contributed by atoms with Gasteiger partial charge in [0.1, 0.15) is 17.1 Å². The second kappa shape index (κ2) is 6.10. The van der Waals surface area contributed by atoms with Gasteiger partial charge < -0.3 is 15.4 Å². The maximum absolute atomic E-state index is 14.9. The summed E-state index contributed by atoms with van der Waals surface area (Å²) in [5.74, 6) is 0.427. The lowest BCUT2D eigenvalue weighted by Crippen LogP contribution is -2.47. The van der Waals surface area contributed by atoms with Crippen molar-refractivity contribution >= 4 is 11.9 Å². The molecule has 1 saturated heterocycles. The Hall–Kier alpha value is -1.85. The molecule has 2 rings (SSSR count). The number of amides is 1. The predicted octanol–water partition coefficient (Wildman–Crippen LogP) is 2.95. The second-order valence-corrected chi connectivity index (χ2v) is 6.89. The first kappa shape index (κ1) is 16.5. The van der Waals surface area contributed by atoms with Crippen LogP contribution in [-0.2, 0) is 11.2 Å². The van der Waals surface area contributed by atoms with Crippen molar-refractivity contribution in [3.05, 3.63) is 23.9 Å². The summed E-state index contributed by atoms with van der Waals surface area (Å²) in [5, 5.41) is 0. The van der Waals surface area contributed by atoms with E-state index in [0.29, 0.717) is 38.2 Å². The summed E-state index contributed by atoms with van der Waals surface area (Å²) in [6.07, 6.45) is 2.13. The average molecular weight is 309 g/mol. The van der Waals surface area contributed by atoms with E-state index in [9.17, 15) is 9.18 Å². The highest BCUT2D eigenvalue weighted by Crippen LogP contribution is 2.31. The van der Waals surface area contributed by atoms with Crippen molar-refractivity contribution in [2.45, 2.75) is 51.3 Å². The Balaban J connectivity index is 1.90. The van der Waals surface area contributed by atoms with Gasteiger partial charge in [-0.2, -0.15) is 0 Å². The Morgan fingerprint density at radius 3 is 2.55 bits per heavy atom. The van der Waals surface area contributed by atoms with Crippen molar-refractivity contribution in [3.8, 4) is 0 Å². The molecule has 6 heteroatoms. The topological polar surface area (TPSA) is 68.5 Å². The second-order valence-electron chi connectivity index (χ2n) is 6.89. The minimum Gasteiger partial charge on any atom is -0.444 e. The Morgan fingerprint density at radius 2 is 2.05 bits per heavy atom. The van der Waals surface area contributed by atoms with Gasteiger partial charge in [-0.05, 0) is 45.2 Å². The third kappa shape index (κ3) is 4.58. The fourth-order valence-corrected chi connectivity index (χ4v) is 2.50. The Labute approximate surface area is 130 Å². The molecule has 0 aromatic carbocycles. The first-order chi connectivity index (χ1) is 10.2. The Morgan fingerprint density at radius 1 is 1.41 bits per heavy atom. The first-order valence-corrected chi connectivity index (χ1v) is 7.54. The largest absolute Gasteiger partial charge is 0.444 e. The molecule has 0 unspecified atom stereocenters. The average Bonchev–Trinajstić information content (AvgIpc) is 2.40. The highest BCUT2D eigenvalue weighted by molar-refractivity contribution is 5.68. The molecule has 1 aromatic heterocycles. The number of hydrogen-bond acceptors (Lipinski definition) is 4. The standard InChI is InChI=1S/C16H24FN3O2/c1-15(2,3)22-14(21)20-8-6-16(17,7-9-20)10-12-4-5-13(18)19-11-12/h4-5,11H,6-10H2,1-3H3,(H2,18,19). The van der Waals surface area contributed by atoms with Crippen molar-refractivity contribution in [2.24, 2.45) is 0 Å². The maximum atomic E-state index is 14.9. The van der Waals surface area contributed by atoms with Gasteiger partial charge in [-0.25, -0.2) is 14.2 Å². The number of pyridine rings is 1. The van der Waals surface area contributed by atoms with Crippen molar-refractivity contribution in [1.29, 1.82) is 0 Å². The zero-order chi connectivity index (χ0) is 16.4. The van der Waals surface area contributed by atoms with Gasteiger partial charge in [-0.1, -0.05) is 6.07 Å². The zero-order valence-corrected chi connectivity index (χ0v) is 13.4. The molecule has 2 N–H and O–H groups in total. The van der Waals surface area contributed by atoms with E-state index in [2.05, 4.69) is 4.98 Å². The molecular weight excluding hydrogens is 285 g/mol. The van der Waals surface area contributed by atoms with Crippen molar-refractivity contribution in [2.75, 3.05) is 18.8 Å². The molecule has 22 heavy (non-hydrogen) atoms. The van der Waals surface area contributed by atoms with Gasteiger partial charge in [0.25, 0.3) is 0 Å². The number of hydrogen-bond donors (Lipinski definition) is 1. The van der Waals surface area contributed by atoms with E-state index < -0.39 is 11.3 Å². The van der Waals surface area contributed by atoms with Crippen LogP contribution in [0.3, 0.4) is 0 Å². The predicted molar refractivity (Wildman–Crippen MR) is 83.2 cm³/mol. The lowest BCUT2D eigenvalue weighted by atomic mass is 9.87. The summed E-state index contributed by atoms with van der Waals surface area (Å²) in [7, 11) is 0. The number of carbonyl (C=O) groups excluding carboxylic acids is 1. The Kier molecular flexibility index (Phi) is 4.58. The van der Waals surface area contributed by atoms with Crippen LogP contribution >= 0.6 is 0 Å². The van der Waals surface area contributed by atoms with Crippen LogP contribution in [0.4, 0.5) is 15.0 Å². The van der Waals surface area contributed by atoms with Crippen molar-refractivity contribution in [1.82, 2.24) is 9.88 Å². The number of likely N-dealkylation sites (tertiary alicyclic amines) is 1. The lowest BCUT2D eigenvalue weighted by Gasteiger charge is -2.37. The summed E-state index contributed by atoms with van der Waals surface area (Å²) in [6, 6.07) is 3.47. The molecule has 122 valence electrons. The SMILES string of the molecule is CC(C)(C)OC(=O)N1CCC(F)(Cc2ccc(N)nc2)CC1. The van der Waals surface area contributed by atoms with Gasteiger partial charge in [0.05, 0.1) is 0 Å². The Bertz CT molecular complexity index is 517. The van der Waals surface area contributed by atoms with Crippen LogP contribution in [0.15, 0.2) is 18.3 Å². The van der Waals surface area contributed by atoms with Gasteiger partial charge in [0, 0.05) is 25.7 Å². The van der Waals surface area contributed by atoms with Crippen LogP contribution in [0.1, 0.15) is 39.2 Å². The molecule has 2 heterocycles. The first-order valence-electron chi connectivity index (χ1n) is 7.54. The molecule has 0 aliphatic carbocycles. The summed E-state index contributed by atoms with van der Waals surface area (Å²) >= 11 is 0. The van der Waals surface area contributed by atoms with E-state index in [1.165, 1.54) is 0 Å². The van der Waals surface area contributed by atoms with Gasteiger partial charge in [-0.15, -0.1) is 0 Å². The number of rotatable bonds is 2. The third-order valence-electron chi connectivity index (χ3n) is 3.68. The van der Waals surface area contributed by atoms with Crippen LogP contribution in [0, 0.1) is 0 Å².